The smallest absolute Gasteiger partial charge is 0.297 e. The third-order valence-electron chi connectivity index (χ3n) is 2.28. The van der Waals surface area contributed by atoms with E-state index < -0.39 is 12.2 Å². The van der Waals surface area contributed by atoms with Gasteiger partial charge in [0.15, 0.2) is 11.6 Å². The number of nitrogens with zero attached hydrogens (tertiary/aromatic N) is 3. The van der Waals surface area contributed by atoms with Crippen molar-refractivity contribution in [3.8, 4) is 11.4 Å². The summed E-state index contributed by atoms with van der Waals surface area (Å²) in [5, 5.41) is 7.94. The molecule has 0 aliphatic rings. The summed E-state index contributed by atoms with van der Waals surface area (Å²) < 4.78 is 26.3. The van der Waals surface area contributed by atoms with Crippen molar-refractivity contribution in [2.75, 3.05) is 0 Å². The molecule has 0 saturated heterocycles. The van der Waals surface area contributed by atoms with Gasteiger partial charge in [-0.3, -0.25) is 0 Å². The van der Waals surface area contributed by atoms with Crippen molar-refractivity contribution in [2.45, 2.75) is 6.43 Å². The molecular weight excluding hydrogens is 271 g/mol. The van der Waals surface area contributed by atoms with Gasteiger partial charge in [0.2, 0.25) is 0 Å². The predicted molar refractivity (Wildman–Crippen MR) is 61.4 cm³/mol. The summed E-state index contributed by atoms with van der Waals surface area (Å²) in [4.78, 5) is 0. The van der Waals surface area contributed by atoms with E-state index in [1.165, 1.54) is 17.7 Å². The molecule has 0 spiro atoms. The highest BCUT2D eigenvalue weighted by atomic mass is 35.5. The van der Waals surface area contributed by atoms with Gasteiger partial charge in [0.05, 0.1) is 5.02 Å². The maximum absolute atomic E-state index is 12.5. The summed E-state index contributed by atoms with van der Waals surface area (Å²) in [6.07, 6.45) is -2.67. The summed E-state index contributed by atoms with van der Waals surface area (Å²) in [7, 11) is 1.46. The van der Waals surface area contributed by atoms with E-state index in [0.29, 0.717) is 15.6 Å². The van der Waals surface area contributed by atoms with E-state index in [-0.39, 0.29) is 5.82 Å². The van der Waals surface area contributed by atoms with Crippen LogP contribution in [0.15, 0.2) is 18.2 Å². The Morgan fingerprint density at radius 2 is 1.94 bits per heavy atom. The van der Waals surface area contributed by atoms with Crippen LogP contribution in [0.1, 0.15) is 12.2 Å². The Kier molecular flexibility index (Phi) is 3.31. The highest BCUT2D eigenvalue weighted by molar-refractivity contribution is 6.36. The Bertz CT molecular complexity index is 554. The first-order valence-electron chi connectivity index (χ1n) is 4.63. The molecule has 17 heavy (non-hydrogen) atoms. The zero-order valence-electron chi connectivity index (χ0n) is 8.66. The van der Waals surface area contributed by atoms with Crippen LogP contribution in [-0.2, 0) is 7.05 Å². The lowest BCUT2D eigenvalue weighted by Crippen LogP contribution is -2.00. The molecule has 0 amide bonds. The zero-order valence-corrected chi connectivity index (χ0v) is 10.2. The van der Waals surface area contributed by atoms with Crippen molar-refractivity contribution in [1.82, 2.24) is 14.8 Å². The van der Waals surface area contributed by atoms with Crippen molar-refractivity contribution < 1.29 is 8.78 Å². The van der Waals surface area contributed by atoms with Crippen molar-refractivity contribution in [1.29, 1.82) is 0 Å². The molecule has 0 radical (unpaired) electrons. The Labute approximate surface area is 106 Å². The topological polar surface area (TPSA) is 30.7 Å². The van der Waals surface area contributed by atoms with Crippen molar-refractivity contribution in [3.05, 3.63) is 34.1 Å². The molecule has 0 N–H and O–H groups in total. The Balaban J connectivity index is 2.54. The molecule has 1 aromatic heterocycles. The van der Waals surface area contributed by atoms with Crippen LogP contribution in [0.4, 0.5) is 8.78 Å². The average molecular weight is 278 g/mol. The van der Waals surface area contributed by atoms with Crippen molar-refractivity contribution in [2.24, 2.45) is 7.05 Å². The predicted octanol–water partition coefficient (Wildman–Crippen LogP) is 3.73. The molecule has 2 rings (SSSR count). The minimum Gasteiger partial charge on any atom is -0.309 e. The monoisotopic (exact) mass is 277 g/mol. The maximum atomic E-state index is 12.5. The SMILES string of the molecule is Cn1c(-c2ccc(Cl)cc2Cl)nnc1C(F)F. The molecule has 3 nitrogen and oxygen atoms in total. The second-order valence-corrected chi connectivity index (χ2v) is 4.21. The maximum Gasteiger partial charge on any atom is 0.297 e. The Morgan fingerprint density at radius 3 is 2.47 bits per heavy atom. The first kappa shape index (κ1) is 12.3. The van der Waals surface area contributed by atoms with E-state index in [0.717, 1.165) is 0 Å². The summed E-state index contributed by atoms with van der Waals surface area (Å²) in [6.45, 7) is 0. The molecule has 1 aromatic carbocycles. The number of alkyl halides is 2. The Morgan fingerprint density at radius 1 is 1.24 bits per heavy atom. The molecule has 7 heteroatoms. The lowest BCUT2D eigenvalue weighted by atomic mass is 10.2. The number of halogens is 4. The van der Waals surface area contributed by atoms with Gasteiger partial charge in [-0.25, -0.2) is 8.78 Å². The third-order valence-corrected chi connectivity index (χ3v) is 2.82. The summed E-state index contributed by atoms with van der Waals surface area (Å²) in [5.41, 5.74) is 0.512. The van der Waals surface area contributed by atoms with Crippen molar-refractivity contribution >= 4 is 23.2 Å². The van der Waals surface area contributed by atoms with E-state index in [1.54, 1.807) is 12.1 Å². The summed E-state index contributed by atoms with van der Waals surface area (Å²) in [5.74, 6) is -0.118. The first-order valence-corrected chi connectivity index (χ1v) is 5.39. The Hall–Kier alpha value is -1.20. The van der Waals surface area contributed by atoms with Gasteiger partial charge in [0.25, 0.3) is 6.43 Å². The van der Waals surface area contributed by atoms with Crippen LogP contribution < -0.4 is 0 Å². The molecule has 0 fully saturated rings. The van der Waals surface area contributed by atoms with Gasteiger partial charge in [0, 0.05) is 17.6 Å². The third kappa shape index (κ3) is 2.25. The number of hydrogen-bond donors (Lipinski definition) is 0. The number of rotatable bonds is 2. The van der Waals surface area contributed by atoms with E-state index in [2.05, 4.69) is 10.2 Å². The van der Waals surface area contributed by atoms with Crippen LogP contribution in [0.25, 0.3) is 11.4 Å². The van der Waals surface area contributed by atoms with Gasteiger partial charge in [-0.2, -0.15) is 0 Å². The summed E-state index contributed by atoms with van der Waals surface area (Å²) in [6, 6.07) is 4.75. The summed E-state index contributed by atoms with van der Waals surface area (Å²) >= 11 is 11.7. The molecule has 1 heterocycles. The molecule has 0 aliphatic carbocycles. The minimum absolute atomic E-state index is 0.280. The molecule has 90 valence electrons. The standard InChI is InChI=1S/C10H7Cl2F2N3/c1-17-9(15-16-10(17)8(13)14)6-3-2-5(11)4-7(6)12/h2-4,8H,1H3. The van der Waals surface area contributed by atoms with Crippen LogP contribution in [0, 0.1) is 0 Å². The highest BCUT2D eigenvalue weighted by Gasteiger charge is 2.19. The molecule has 0 atom stereocenters. The lowest BCUT2D eigenvalue weighted by molar-refractivity contribution is 0.136. The quantitative estimate of drug-likeness (QED) is 0.838. The second-order valence-electron chi connectivity index (χ2n) is 3.37. The molecule has 2 aromatic rings. The van der Waals surface area contributed by atoms with E-state index in [1.807, 2.05) is 0 Å². The fourth-order valence-corrected chi connectivity index (χ4v) is 1.93. The van der Waals surface area contributed by atoms with E-state index >= 15 is 0 Å². The van der Waals surface area contributed by atoms with Gasteiger partial charge >= 0.3 is 0 Å². The minimum atomic E-state index is -2.67. The average Bonchev–Trinajstić information content (AvgIpc) is 2.60. The van der Waals surface area contributed by atoms with Crippen LogP contribution in [0.2, 0.25) is 10.0 Å². The zero-order chi connectivity index (χ0) is 12.6. The number of hydrogen-bond acceptors (Lipinski definition) is 2. The van der Waals surface area contributed by atoms with Gasteiger partial charge in [-0.05, 0) is 18.2 Å². The first-order chi connectivity index (χ1) is 8.00. The number of aromatic nitrogens is 3. The van der Waals surface area contributed by atoms with Gasteiger partial charge < -0.3 is 4.57 Å². The van der Waals surface area contributed by atoms with E-state index in [9.17, 15) is 8.78 Å². The fraction of sp³-hybridized carbons (Fsp3) is 0.200. The lowest BCUT2D eigenvalue weighted by Gasteiger charge is -2.05. The normalized spacial score (nSPS) is 11.2. The molecule has 0 unspecified atom stereocenters. The largest absolute Gasteiger partial charge is 0.309 e. The van der Waals surface area contributed by atoms with Crippen LogP contribution >= 0.6 is 23.2 Å². The second kappa shape index (κ2) is 4.58. The highest BCUT2D eigenvalue weighted by Crippen LogP contribution is 2.30. The fourth-order valence-electron chi connectivity index (χ4n) is 1.44. The van der Waals surface area contributed by atoms with Crippen LogP contribution in [0.3, 0.4) is 0 Å². The van der Waals surface area contributed by atoms with Crippen LogP contribution in [0.5, 0.6) is 0 Å². The van der Waals surface area contributed by atoms with Gasteiger partial charge in [-0.1, -0.05) is 23.2 Å². The van der Waals surface area contributed by atoms with Crippen LogP contribution in [-0.4, -0.2) is 14.8 Å². The van der Waals surface area contributed by atoms with E-state index in [4.69, 9.17) is 23.2 Å². The van der Waals surface area contributed by atoms with Gasteiger partial charge in [0.1, 0.15) is 0 Å². The van der Waals surface area contributed by atoms with Gasteiger partial charge in [-0.15, -0.1) is 10.2 Å². The van der Waals surface area contributed by atoms with Crippen molar-refractivity contribution in [3.63, 3.8) is 0 Å². The molecule has 0 aliphatic heterocycles. The molecular formula is C10H7Cl2F2N3. The molecule has 0 saturated carbocycles. The number of benzene rings is 1. The molecule has 0 bridgehead atoms.